The van der Waals surface area contributed by atoms with Crippen LogP contribution in [0, 0.1) is 10.1 Å². The third kappa shape index (κ3) is 1.51. The van der Waals surface area contributed by atoms with E-state index in [1.165, 1.54) is 0 Å². The van der Waals surface area contributed by atoms with Crippen LogP contribution in [0.4, 0.5) is 0 Å². The Kier molecular flexibility index (Phi) is 1.95. The predicted octanol–water partition coefficient (Wildman–Crippen LogP) is 1.97. The van der Waals surface area contributed by atoms with Gasteiger partial charge in [-0.1, -0.05) is 0 Å². The molecule has 0 aromatic rings. The van der Waals surface area contributed by atoms with Crippen LogP contribution in [-0.2, 0) is 0 Å². The Morgan fingerprint density at radius 3 is 3.15 bits per heavy atom. The van der Waals surface area contributed by atoms with Crippen LogP contribution in [0.15, 0.2) is 28.5 Å². The number of thioether (sulfide) groups is 1. The molecule has 68 valence electrons. The van der Waals surface area contributed by atoms with Crippen molar-refractivity contribution in [1.29, 1.82) is 0 Å². The molecule has 0 radical (unpaired) electrons. The highest BCUT2D eigenvalue weighted by molar-refractivity contribution is 8.14. The lowest BCUT2D eigenvalue weighted by molar-refractivity contribution is -0.427. The average molecular weight is 196 g/mol. The van der Waals surface area contributed by atoms with Gasteiger partial charge >= 0.3 is 0 Å². The number of nitro groups is 1. The fraction of sp³-hybridized carbons (Fsp3) is 0.375. The molecule has 0 amide bonds. The summed E-state index contributed by atoms with van der Waals surface area (Å²) >= 11 is 1.61. The first-order chi connectivity index (χ1) is 6.16. The van der Waals surface area contributed by atoms with Crippen molar-refractivity contribution in [2.24, 2.45) is 4.99 Å². The zero-order valence-corrected chi connectivity index (χ0v) is 7.87. The molecule has 2 aliphatic rings. The Bertz CT molecular complexity index is 357. The first-order valence-corrected chi connectivity index (χ1v) is 4.82. The molecular formula is C8H8N2O2S. The largest absolute Gasteiger partial charge is 0.259 e. The number of hydrogen-bond acceptors (Lipinski definition) is 4. The number of aliphatic imine (C=N–C) groups is 1. The summed E-state index contributed by atoms with van der Waals surface area (Å²) in [7, 11) is 0. The summed E-state index contributed by atoms with van der Waals surface area (Å²) < 4.78 is 0. The zero-order valence-electron chi connectivity index (χ0n) is 7.06. The zero-order chi connectivity index (χ0) is 9.42. The Morgan fingerprint density at radius 1 is 1.69 bits per heavy atom. The highest BCUT2D eigenvalue weighted by Crippen LogP contribution is 2.36. The lowest BCUT2D eigenvalue weighted by Crippen LogP contribution is -2.11. The predicted molar refractivity (Wildman–Crippen MR) is 52.3 cm³/mol. The van der Waals surface area contributed by atoms with Gasteiger partial charge in [0.15, 0.2) is 0 Å². The van der Waals surface area contributed by atoms with Gasteiger partial charge in [-0.2, -0.15) is 0 Å². The van der Waals surface area contributed by atoms with E-state index in [1.807, 2.05) is 6.92 Å². The van der Waals surface area contributed by atoms with Crippen molar-refractivity contribution in [2.75, 3.05) is 0 Å². The molecule has 1 aliphatic carbocycles. The molecule has 2 rings (SSSR count). The van der Waals surface area contributed by atoms with E-state index in [0.717, 1.165) is 10.7 Å². The summed E-state index contributed by atoms with van der Waals surface area (Å²) in [5, 5.41) is 11.7. The van der Waals surface area contributed by atoms with Crippen LogP contribution in [0.3, 0.4) is 0 Å². The molecule has 5 heteroatoms. The molecule has 1 atom stereocenters. The fourth-order valence-electron chi connectivity index (χ4n) is 1.41. The van der Waals surface area contributed by atoms with Gasteiger partial charge in [-0.15, -0.1) is 11.8 Å². The number of allylic oxidation sites excluding steroid dienone is 3. The third-order valence-corrected chi connectivity index (χ3v) is 3.13. The minimum atomic E-state index is -0.318. The smallest absolute Gasteiger partial charge is 0.247 e. The van der Waals surface area contributed by atoms with E-state index >= 15 is 0 Å². The van der Waals surface area contributed by atoms with Crippen molar-refractivity contribution in [3.63, 3.8) is 0 Å². The van der Waals surface area contributed by atoms with Crippen LogP contribution >= 0.6 is 11.8 Å². The minimum absolute atomic E-state index is 0.172. The number of hydrogen-bond donors (Lipinski definition) is 0. The first kappa shape index (κ1) is 8.50. The van der Waals surface area contributed by atoms with Crippen molar-refractivity contribution in [3.8, 4) is 0 Å². The minimum Gasteiger partial charge on any atom is -0.259 e. The second-order valence-electron chi connectivity index (χ2n) is 2.95. The third-order valence-electron chi connectivity index (χ3n) is 2.00. The normalized spacial score (nSPS) is 25.9. The van der Waals surface area contributed by atoms with Crippen LogP contribution in [0.25, 0.3) is 0 Å². The Balaban J connectivity index is 2.25. The standard InChI is InChI=1S/C8H8N2O2S/c1-5-9-7-3-2-6(10(11)12)4-8(7)13-5/h2-3,8H,4H2,1H3. The molecule has 1 heterocycles. The van der Waals surface area contributed by atoms with Gasteiger partial charge in [0.25, 0.3) is 0 Å². The van der Waals surface area contributed by atoms with Gasteiger partial charge in [0.05, 0.1) is 27.3 Å². The monoisotopic (exact) mass is 196 g/mol. The number of nitrogens with zero attached hydrogens (tertiary/aromatic N) is 2. The fourth-order valence-corrected chi connectivity index (χ4v) is 2.49. The lowest BCUT2D eigenvalue weighted by Gasteiger charge is -2.10. The quantitative estimate of drug-likeness (QED) is 0.476. The van der Waals surface area contributed by atoms with E-state index < -0.39 is 0 Å². The van der Waals surface area contributed by atoms with Crippen LogP contribution in [0.5, 0.6) is 0 Å². The molecule has 0 N–H and O–H groups in total. The first-order valence-electron chi connectivity index (χ1n) is 3.94. The molecule has 0 aromatic carbocycles. The summed E-state index contributed by atoms with van der Waals surface area (Å²) in [5.74, 6) is 0. The van der Waals surface area contributed by atoms with Crippen LogP contribution in [0.2, 0.25) is 0 Å². The van der Waals surface area contributed by atoms with Crippen molar-refractivity contribution in [3.05, 3.63) is 33.7 Å². The number of fused-ring (bicyclic) bond motifs is 1. The summed E-state index contributed by atoms with van der Waals surface area (Å²) in [5.41, 5.74) is 1.25. The second kappa shape index (κ2) is 2.99. The van der Waals surface area contributed by atoms with E-state index in [9.17, 15) is 10.1 Å². The van der Waals surface area contributed by atoms with Gasteiger partial charge in [-0.3, -0.25) is 15.1 Å². The average Bonchev–Trinajstić information content (AvgIpc) is 2.42. The Hall–Kier alpha value is -1.10. The van der Waals surface area contributed by atoms with Crippen LogP contribution in [0.1, 0.15) is 13.3 Å². The Morgan fingerprint density at radius 2 is 2.46 bits per heavy atom. The second-order valence-corrected chi connectivity index (χ2v) is 4.34. The molecule has 0 aromatic heterocycles. The van der Waals surface area contributed by atoms with E-state index in [0.29, 0.717) is 6.42 Å². The van der Waals surface area contributed by atoms with Crippen molar-refractivity contribution >= 4 is 16.8 Å². The SMILES string of the molecule is CC1=NC2=CC=C([N+](=O)[O-])CC2S1. The van der Waals surface area contributed by atoms with Gasteiger partial charge in [0.2, 0.25) is 5.70 Å². The van der Waals surface area contributed by atoms with Crippen molar-refractivity contribution in [2.45, 2.75) is 18.6 Å². The van der Waals surface area contributed by atoms with Crippen LogP contribution < -0.4 is 0 Å². The van der Waals surface area contributed by atoms with E-state index in [2.05, 4.69) is 4.99 Å². The summed E-state index contributed by atoms with van der Waals surface area (Å²) in [6.45, 7) is 1.93. The maximum Gasteiger partial charge on any atom is 0.247 e. The van der Waals surface area contributed by atoms with E-state index in [4.69, 9.17) is 0 Å². The summed E-state index contributed by atoms with van der Waals surface area (Å²) in [6.07, 6.45) is 3.79. The molecule has 13 heavy (non-hydrogen) atoms. The molecule has 0 bridgehead atoms. The van der Waals surface area contributed by atoms with Gasteiger partial charge < -0.3 is 0 Å². The number of rotatable bonds is 1. The van der Waals surface area contributed by atoms with E-state index in [-0.39, 0.29) is 15.9 Å². The summed E-state index contributed by atoms with van der Waals surface area (Å²) in [4.78, 5) is 14.4. The van der Waals surface area contributed by atoms with Crippen molar-refractivity contribution in [1.82, 2.24) is 0 Å². The molecule has 0 fully saturated rings. The molecule has 1 unspecified atom stereocenters. The maximum absolute atomic E-state index is 10.5. The van der Waals surface area contributed by atoms with Gasteiger partial charge in [-0.25, -0.2) is 0 Å². The summed E-state index contributed by atoms with van der Waals surface area (Å²) in [6, 6.07) is 0. The van der Waals surface area contributed by atoms with Gasteiger partial charge in [0.1, 0.15) is 0 Å². The topological polar surface area (TPSA) is 55.5 Å². The molecule has 0 saturated carbocycles. The molecule has 0 saturated heterocycles. The molecule has 4 nitrogen and oxygen atoms in total. The van der Waals surface area contributed by atoms with Crippen LogP contribution in [-0.4, -0.2) is 15.2 Å². The molecular weight excluding hydrogens is 188 g/mol. The highest BCUT2D eigenvalue weighted by atomic mass is 32.2. The van der Waals surface area contributed by atoms with Gasteiger partial charge in [-0.05, 0) is 13.0 Å². The van der Waals surface area contributed by atoms with Gasteiger partial charge in [0, 0.05) is 6.08 Å². The Labute approximate surface area is 79.6 Å². The highest BCUT2D eigenvalue weighted by Gasteiger charge is 2.30. The van der Waals surface area contributed by atoms with Crippen molar-refractivity contribution < 1.29 is 4.92 Å². The van der Waals surface area contributed by atoms with E-state index in [1.54, 1.807) is 23.9 Å². The molecule has 1 aliphatic heterocycles. The molecule has 0 spiro atoms. The lowest BCUT2D eigenvalue weighted by atomic mass is 10.1. The maximum atomic E-state index is 10.5.